The third-order valence-electron chi connectivity index (χ3n) is 9.31. The summed E-state index contributed by atoms with van der Waals surface area (Å²) >= 11 is 0. The van der Waals surface area contributed by atoms with Crippen LogP contribution >= 0.6 is 0 Å². The number of rotatable bonds is 15. The molecule has 0 N–H and O–H groups in total. The molecule has 0 bridgehead atoms. The summed E-state index contributed by atoms with van der Waals surface area (Å²) in [6.07, 6.45) is 1.56. The molecule has 3 aliphatic heterocycles. The summed E-state index contributed by atoms with van der Waals surface area (Å²) < 4.78 is 33.6. The van der Waals surface area contributed by atoms with E-state index in [1.807, 2.05) is 0 Å². The Labute approximate surface area is 266 Å². The lowest BCUT2D eigenvalue weighted by molar-refractivity contribution is 0.263. The van der Waals surface area contributed by atoms with Gasteiger partial charge in [0.25, 0.3) is 0 Å². The van der Waals surface area contributed by atoms with E-state index < -0.39 is 0 Å². The molecule has 4 atom stereocenters. The molecule has 6 heteroatoms. The van der Waals surface area contributed by atoms with Crippen LogP contribution in [-0.4, -0.2) is 58.0 Å². The van der Waals surface area contributed by atoms with Crippen molar-refractivity contribution in [3.05, 3.63) is 125 Å². The van der Waals surface area contributed by atoms with E-state index in [9.17, 15) is 0 Å². The van der Waals surface area contributed by atoms with Crippen LogP contribution in [0.5, 0.6) is 17.2 Å². The van der Waals surface area contributed by atoms with Crippen molar-refractivity contribution in [1.29, 1.82) is 0 Å². The second-order valence-corrected chi connectivity index (χ2v) is 13.2. The third kappa shape index (κ3) is 7.36. The summed E-state index contributed by atoms with van der Waals surface area (Å²) in [5.74, 6) is 2.62. The molecule has 0 aliphatic carbocycles. The van der Waals surface area contributed by atoms with E-state index in [2.05, 4.69) is 118 Å². The van der Waals surface area contributed by atoms with Crippen molar-refractivity contribution in [3.8, 4) is 17.2 Å². The monoisotopic (exact) mass is 606 g/mol. The lowest BCUT2D eigenvalue weighted by Crippen LogP contribution is -2.27. The lowest BCUT2D eigenvalue weighted by Gasteiger charge is -2.33. The Kier molecular flexibility index (Phi) is 8.30. The summed E-state index contributed by atoms with van der Waals surface area (Å²) in [5, 5.41) is 0. The van der Waals surface area contributed by atoms with Crippen LogP contribution in [0.2, 0.25) is 0 Å². The van der Waals surface area contributed by atoms with E-state index in [1.54, 1.807) is 0 Å². The minimum atomic E-state index is -0.269. The quantitative estimate of drug-likeness (QED) is 0.137. The van der Waals surface area contributed by atoms with Gasteiger partial charge in [-0.05, 0) is 70.6 Å². The van der Waals surface area contributed by atoms with Crippen molar-refractivity contribution >= 4 is 0 Å². The standard InChI is InChI=1S/C39H42O6/c1-38(2,29-10-16-33(17-11-29)41-22-36-25-44-36)28-6-8-30(9-7-28)39(3,31-12-18-34(19-13-31)42-23-37-26-45-37)20-27-4-14-32(15-5-27)40-21-35-24-43-35/h4-19,35-37H,20-26H2,1-3H3. The Morgan fingerprint density at radius 3 is 1.18 bits per heavy atom. The van der Waals surface area contributed by atoms with Crippen LogP contribution in [0.1, 0.15) is 48.6 Å². The molecule has 4 aromatic rings. The highest BCUT2D eigenvalue weighted by Crippen LogP contribution is 2.39. The Bertz CT molecular complexity index is 1550. The van der Waals surface area contributed by atoms with Gasteiger partial charge in [-0.15, -0.1) is 0 Å². The highest BCUT2D eigenvalue weighted by atomic mass is 16.6. The average molecular weight is 607 g/mol. The van der Waals surface area contributed by atoms with Gasteiger partial charge in [0, 0.05) is 10.8 Å². The largest absolute Gasteiger partial charge is 0.491 e. The van der Waals surface area contributed by atoms with E-state index in [0.29, 0.717) is 19.8 Å². The SMILES string of the molecule is CC(C)(c1ccc(OCC2CO2)cc1)c1ccc(C(C)(Cc2ccc(OCC3CO3)cc2)c2ccc(OCC3CO3)cc2)cc1. The predicted octanol–water partition coefficient (Wildman–Crippen LogP) is 6.89. The van der Waals surface area contributed by atoms with Gasteiger partial charge in [0.15, 0.2) is 0 Å². The molecule has 0 aromatic heterocycles. The van der Waals surface area contributed by atoms with Crippen LogP contribution in [0, 0.1) is 0 Å². The van der Waals surface area contributed by atoms with Gasteiger partial charge in [-0.3, -0.25) is 0 Å². The maximum absolute atomic E-state index is 5.95. The summed E-state index contributed by atoms with van der Waals surface area (Å²) in [6.45, 7) is 11.1. The maximum atomic E-state index is 5.95. The normalized spacial score (nSPS) is 21.4. The van der Waals surface area contributed by atoms with Crippen LogP contribution in [0.15, 0.2) is 97.1 Å². The molecule has 7 rings (SSSR count). The van der Waals surface area contributed by atoms with Crippen molar-refractivity contribution in [1.82, 2.24) is 0 Å². The Balaban J connectivity index is 1.12. The highest BCUT2D eigenvalue weighted by Gasteiger charge is 2.32. The minimum absolute atomic E-state index is 0.168. The van der Waals surface area contributed by atoms with Gasteiger partial charge in [0.1, 0.15) is 55.4 Å². The van der Waals surface area contributed by atoms with Crippen molar-refractivity contribution in [2.75, 3.05) is 39.6 Å². The molecule has 3 heterocycles. The second kappa shape index (κ2) is 12.5. The summed E-state index contributed by atoms with van der Waals surface area (Å²) in [7, 11) is 0. The minimum Gasteiger partial charge on any atom is -0.491 e. The second-order valence-electron chi connectivity index (χ2n) is 13.2. The molecular weight excluding hydrogens is 564 g/mol. The van der Waals surface area contributed by atoms with Crippen molar-refractivity contribution in [2.24, 2.45) is 0 Å². The molecule has 4 unspecified atom stereocenters. The highest BCUT2D eigenvalue weighted by molar-refractivity contribution is 5.47. The smallest absolute Gasteiger partial charge is 0.119 e. The Morgan fingerprint density at radius 1 is 0.489 bits per heavy atom. The zero-order valence-corrected chi connectivity index (χ0v) is 26.4. The van der Waals surface area contributed by atoms with Gasteiger partial charge in [-0.25, -0.2) is 0 Å². The molecule has 0 amide bonds. The summed E-state index contributed by atoms with van der Waals surface area (Å²) in [6, 6.07) is 34.7. The molecule has 3 fully saturated rings. The number of epoxide rings is 3. The Morgan fingerprint density at radius 2 is 0.800 bits per heavy atom. The van der Waals surface area contributed by atoms with Crippen LogP contribution in [0.25, 0.3) is 0 Å². The first-order valence-corrected chi connectivity index (χ1v) is 16.0. The zero-order chi connectivity index (χ0) is 30.9. The molecule has 3 saturated heterocycles. The zero-order valence-electron chi connectivity index (χ0n) is 26.4. The van der Waals surface area contributed by atoms with E-state index in [1.165, 1.54) is 27.8 Å². The molecule has 0 saturated carbocycles. The van der Waals surface area contributed by atoms with Crippen molar-refractivity contribution < 1.29 is 28.4 Å². The van der Waals surface area contributed by atoms with Gasteiger partial charge < -0.3 is 28.4 Å². The van der Waals surface area contributed by atoms with Crippen molar-refractivity contribution in [3.63, 3.8) is 0 Å². The van der Waals surface area contributed by atoms with Crippen LogP contribution in [0.3, 0.4) is 0 Å². The molecule has 4 aromatic carbocycles. The lowest BCUT2D eigenvalue weighted by atomic mass is 9.71. The van der Waals surface area contributed by atoms with Gasteiger partial charge in [-0.2, -0.15) is 0 Å². The first kappa shape index (κ1) is 29.8. The van der Waals surface area contributed by atoms with Crippen LogP contribution < -0.4 is 14.2 Å². The number of hydrogen-bond acceptors (Lipinski definition) is 6. The van der Waals surface area contributed by atoms with E-state index >= 15 is 0 Å². The molecular formula is C39H42O6. The molecule has 6 nitrogen and oxygen atoms in total. The van der Waals surface area contributed by atoms with Gasteiger partial charge in [0.2, 0.25) is 0 Å². The summed E-state index contributed by atoms with van der Waals surface area (Å²) in [4.78, 5) is 0. The summed E-state index contributed by atoms with van der Waals surface area (Å²) in [5.41, 5.74) is 5.83. The number of ether oxygens (including phenoxy) is 6. The molecule has 234 valence electrons. The van der Waals surface area contributed by atoms with Gasteiger partial charge in [-0.1, -0.05) is 81.4 Å². The fourth-order valence-corrected chi connectivity index (χ4v) is 5.85. The van der Waals surface area contributed by atoms with Crippen molar-refractivity contribution in [2.45, 2.75) is 56.3 Å². The van der Waals surface area contributed by atoms with E-state index in [0.717, 1.165) is 43.5 Å². The molecule has 3 aliphatic rings. The van der Waals surface area contributed by atoms with Gasteiger partial charge >= 0.3 is 0 Å². The molecule has 45 heavy (non-hydrogen) atoms. The fraction of sp³-hybridized carbons (Fsp3) is 0.385. The van der Waals surface area contributed by atoms with Crippen LogP contribution in [-0.2, 0) is 31.5 Å². The number of hydrogen-bond donors (Lipinski definition) is 0. The predicted molar refractivity (Wildman–Crippen MR) is 174 cm³/mol. The number of benzene rings is 4. The van der Waals surface area contributed by atoms with Crippen LogP contribution in [0.4, 0.5) is 0 Å². The average Bonchev–Trinajstić information content (AvgIpc) is 3.92. The van der Waals surface area contributed by atoms with Gasteiger partial charge in [0.05, 0.1) is 19.8 Å². The fourth-order valence-electron chi connectivity index (χ4n) is 5.85. The Hall–Kier alpha value is -3.84. The first-order chi connectivity index (χ1) is 21.8. The maximum Gasteiger partial charge on any atom is 0.119 e. The topological polar surface area (TPSA) is 65.3 Å². The first-order valence-electron chi connectivity index (χ1n) is 16.0. The third-order valence-corrected chi connectivity index (χ3v) is 9.31. The molecule has 0 spiro atoms. The van der Waals surface area contributed by atoms with E-state index in [4.69, 9.17) is 28.4 Å². The molecule has 0 radical (unpaired) electrons. The van der Waals surface area contributed by atoms with E-state index in [-0.39, 0.29) is 29.1 Å².